The lowest BCUT2D eigenvalue weighted by Gasteiger charge is -2.71. The summed E-state index contributed by atoms with van der Waals surface area (Å²) >= 11 is 0. The Hall–Kier alpha value is -0.580. The average Bonchev–Trinajstić information content (AvgIpc) is 3.32. The molecular formula is C36H62O8. The largest absolute Gasteiger partial charge is 0.394 e. The number of hydrogen-bond acceptors (Lipinski definition) is 8. The van der Waals surface area contributed by atoms with E-state index in [-0.39, 0.29) is 51.6 Å². The van der Waals surface area contributed by atoms with Gasteiger partial charge >= 0.3 is 0 Å². The van der Waals surface area contributed by atoms with E-state index >= 15 is 0 Å². The highest BCUT2D eigenvalue weighted by atomic mass is 16.7. The van der Waals surface area contributed by atoms with Gasteiger partial charge in [-0.25, -0.2) is 0 Å². The number of allylic oxidation sites excluding steroid dienone is 2. The molecule has 44 heavy (non-hydrogen) atoms. The molecule has 0 radical (unpaired) electrons. The molecule has 1 aliphatic heterocycles. The standard InChI is InChI=1S/C36H62O8/c1-20(2)10-9-14-36(8,42)21-11-16-35(7)27(21)22(43-31-30(41)29(40)28(39)23(19-37)44-31)18-25-33(5)15-13-26(38)32(3,4)24(33)12-17-34(25,35)6/h10,21-31,37-42H,9,11-19H2,1-8H3/t21-,22+,23+,24-,25+,26-,27-,28+,29-,30+,31+,33-,34+,35+,36-/m0/s1. The third-order valence-corrected chi connectivity index (χ3v) is 14.5. The highest BCUT2D eigenvalue weighted by Gasteiger charge is 2.72. The van der Waals surface area contributed by atoms with Crippen molar-refractivity contribution in [2.45, 2.75) is 162 Å². The van der Waals surface area contributed by atoms with Gasteiger partial charge in [0, 0.05) is 0 Å². The molecule has 0 unspecified atom stereocenters. The van der Waals surface area contributed by atoms with Gasteiger partial charge in [-0.05, 0) is 124 Å². The molecule has 254 valence electrons. The average molecular weight is 623 g/mol. The molecule has 1 heterocycles. The molecule has 4 aliphatic carbocycles. The van der Waals surface area contributed by atoms with Crippen molar-refractivity contribution >= 4 is 0 Å². The van der Waals surface area contributed by atoms with E-state index in [1.807, 2.05) is 6.92 Å². The van der Waals surface area contributed by atoms with Gasteiger partial charge in [0.25, 0.3) is 0 Å². The molecule has 5 fully saturated rings. The lowest BCUT2D eigenvalue weighted by atomic mass is 9.35. The van der Waals surface area contributed by atoms with Gasteiger partial charge in [0.1, 0.15) is 24.4 Å². The Morgan fingerprint density at radius 3 is 2.18 bits per heavy atom. The van der Waals surface area contributed by atoms with E-state index in [4.69, 9.17) is 9.47 Å². The summed E-state index contributed by atoms with van der Waals surface area (Å²) in [5.41, 5.74) is -0.0846. The lowest BCUT2D eigenvalue weighted by molar-refractivity contribution is -0.335. The number of rotatable bonds is 7. The van der Waals surface area contributed by atoms with Crippen LogP contribution in [0.2, 0.25) is 0 Å². The number of aliphatic hydroxyl groups is 6. The predicted octanol–water partition coefficient (Wildman–Crippen LogP) is 4.32. The lowest BCUT2D eigenvalue weighted by Crippen LogP contribution is -2.67. The highest BCUT2D eigenvalue weighted by molar-refractivity contribution is 5.20. The monoisotopic (exact) mass is 622 g/mol. The number of aliphatic hydroxyl groups excluding tert-OH is 5. The van der Waals surface area contributed by atoms with Crippen LogP contribution in [0.5, 0.6) is 0 Å². The second-order valence-electron chi connectivity index (χ2n) is 17.3. The van der Waals surface area contributed by atoms with Gasteiger partial charge in [0.05, 0.1) is 24.4 Å². The number of hydrogen-bond donors (Lipinski definition) is 6. The first-order valence-corrected chi connectivity index (χ1v) is 17.3. The molecule has 4 saturated carbocycles. The van der Waals surface area contributed by atoms with Crippen LogP contribution < -0.4 is 0 Å². The molecule has 0 amide bonds. The third-order valence-electron chi connectivity index (χ3n) is 14.5. The Balaban J connectivity index is 1.55. The second-order valence-corrected chi connectivity index (χ2v) is 17.3. The maximum absolute atomic E-state index is 12.1. The summed E-state index contributed by atoms with van der Waals surface area (Å²) in [5.74, 6) is 0.598. The van der Waals surface area contributed by atoms with Crippen LogP contribution in [-0.4, -0.2) is 85.8 Å². The van der Waals surface area contributed by atoms with Crippen molar-refractivity contribution in [1.29, 1.82) is 0 Å². The minimum atomic E-state index is -1.50. The zero-order chi connectivity index (χ0) is 32.6. The Labute approximate surface area is 265 Å². The van der Waals surface area contributed by atoms with E-state index < -0.39 is 42.9 Å². The van der Waals surface area contributed by atoms with Crippen LogP contribution in [0, 0.1) is 45.3 Å². The highest BCUT2D eigenvalue weighted by Crippen LogP contribution is 2.76. The quantitative estimate of drug-likeness (QED) is 0.182. The van der Waals surface area contributed by atoms with Crippen LogP contribution in [0.15, 0.2) is 11.6 Å². The van der Waals surface area contributed by atoms with Gasteiger partial charge in [-0.3, -0.25) is 0 Å². The fraction of sp³-hybridized carbons (Fsp3) is 0.944. The zero-order valence-corrected chi connectivity index (χ0v) is 28.5. The van der Waals surface area contributed by atoms with E-state index in [9.17, 15) is 30.6 Å². The molecule has 1 saturated heterocycles. The van der Waals surface area contributed by atoms with Crippen molar-refractivity contribution in [2.24, 2.45) is 45.3 Å². The molecule has 0 aromatic heterocycles. The van der Waals surface area contributed by atoms with Crippen molar-refractivity contribution in [3.8, 4) is 0 Å². The SMILES string of the molecule is CC(C)=CCC[C@](C)(O)[C@H]1CC[C@]2(C)[C@@H]1[C@H](O[C@@H]1O[C@H](CO)[C@@H](O)[C@H](O)[C@H]1O)C[C@@H]1[C@@]3(C)CC[C@H](O)C(C)(C)[C@@H]3CC[C@]12C. The molecule has 0 aromatic carbocycles. The smallest absolute Gasteiger partial charge is 0.186 e. The van der Waals surface area contributed by atoms with E-state index in [0.29, 0.717) is 12.3 Å². The van der Waals surface area contributed by atoms with Crippen molar-refractivity contribution in [3.63, 3.8) is 0 Å². The summed E-state index contributed by atoms with van der Waals surface area (Å²) in [6.45, 7) is 17.4. The van der Waals surface area contributed by atoms with Crippen LogP contribution in [0.1, 0.15) is 113 Å². The molecule has 15 atom stereocenters. The molecule has 8 heteroatoms. The van der Waals surface area contributed by atoms with Gasteiger partial charge in [0.2, 0.25) is 0 Å². The molecule has 5 aliphatic rings. The molecule has 6 N–H and O–H groups in total. The Morgan fingerprint density at radius 1 is 0.886 bits per heavy atom. The first kappa shape index (κ1) is 34.7. The summed E-state index contributed by atoms with van der Waals surface area (Å²) in [7, 11) is 0. The first-order valence-electron chi connectivity index (χ1n) is 17.3. The van der Waals surface area contributed by atoms with Gasteiger partial charge in [0.15, 0.2) is 6.29 Å². The summed E-state index contributed by atoms with van der Waals surface area (Å²) < 4.78 is 12.7. The van der Waals surface area contributed by atoms with Crippen LogP contribution in [0.25, 0.3) is 0 Å². The van der Waals surface area contributed by atoms with Crippen LogP contribution in [-0.2, 0) is 9.47 Å². The summed E-state index contributed by atoms with van der Waals surface area (Å²) in [6.07, 6.45) is 2.67. The fourth-order valence-electron chi connectivity index (χ4n) is 11.7. The molecule has 0 spiro atoms. The van der Waals surface area contributed by atoms with Crippen molar-refractivity contribution < 1.29 is 40.1 Å². The minimum absolute atomic E-state index is 0.0126. The van der Waals surface area contributed by atoms with Crippen molar-refractivity contribution in [1.82, 2.24) is 0 Å². The van der Waals surface area contributed by atoms with Crippen molar-refractivity contribution in [3.05, 3.63) is 11.6 Å². The fourth-order valence-corrected chi connectivity index (χ4v) is 11.7. The van der Waals surface area contributed by atoms with Gasteiger partial charge in [-0.1, -0.05) is 46.3 Å². The molecule has 5 rings (SSSR count). The van der Waals surface area contributed by atoms with E-state index in [2.05, 4.69) is 54.5 Å². The number of fused-ring (bicyclic) bond motifs is 5. The van der Waals surface area contributed by atoms with Gasteiger partial charge in [-0.15, -0.1) is 0 Å². The predicted molar refractivity (Wildman–Crippen MR) is 168 cm³/mol. The summed E-state index contributed by atoms with van der Waals surface area (Å²) in [5, 5.41) is 65.2. The van der Waals surface area contributed by atoms with E-state index in [1.165, 1.54) is 5.57 Å². The Kier molecular flexibility index (Phi) is 9.35. The molecule has 0 aromatic rings. The van der Waals surface area contributed by atoms with Crippen LogP contribution in [0.3, 0.4) is 0 Å². The van der Waals surface area contributed by atoms with E-state index in [1.54, 1.807) is 0 Å². The summed E-state index contributed by atoms with van der Waals surface area (Å²) in [6, 6.07) is 0. The second kappa shape index (κ2) is 11.8. The zero-order valence-electron chi connectivity index (χ0n) is 28.5. The third kappa shape index (κ3) is 5.26. The van der Waals surface area contributed by atoms with E-state index in [0.717, 1.165) is 51.4 Å². The molecule has 8 nitrogen and oxygen atoms in total. The maximum Gasteiger partial charge on any atom is 0.186 e. The van der Waals surface area contributed by atoms with Crippen LogP contribution in [0.4, 0.5) is 0 Å². The summed E-state index contributed by atoms with van der Waals surface area (Å²) in [4.78, 5) is 0. The van der Waals surface area contributed by atoms with Gasteiger partial charge in [-0.2, -0.15) is 0 Å². The van der Waals surface area contributed by atoms with Crippen LogP contribution >= 0.6 is 0 Å². The Bertz CT molecular complexity index is 1070. The number of ether oxygens (including phenoxy) is 2. The topological polar surface area (TPSA) is 140 Å². The Morgan fingerprint density at radius 2 is 1.55 bits per heavy atom. The maximum atomic E-state index is 12.1. The molecule has 0 bridgehead atoms. The van der Waals surface area contributed by atoms with Crippen molar-refractivity contribution in [2.75, 3.05) is 6.61 Å². The first-order chi connectivity index (χ1) is 20.3. The minimum Gasteiger partial charge on any atom is -0.394 e. The molecular weight excluding hydrogens is 560 g/mol. The normalized spacial score (nSPS) is 51.5. The van der Waals surface area contributed by atoms with Gasteiger partial charge < -0.3 is 40.1 Å².